The fourth-order valence-electron chi connectivity index (χ4n) is 1.86. The van der Waals surface area contributed by atoms with Gasteiger partial charge in [0, 0.05) is 12.6 Å². The Morgan fingerprint density at radius 1 is 1.30 bits per heavy atom. The maximum absolute atomic E-state index is 10.7. The van der Waals surface area contributed by atoms with E-state index in [1.165, 1.54) is 0 Å². The number of ether oxygens (including phenoxy) is 1. The van der Waals surface area contributed by atoms with Gasteiger partial charge in [0.15, 0.2) is 0 Å². The van der Waals surface area contributed by atoms with Crippen molar-refractivity contribution in [1.29, 1.82) is 0 Å². The second kappa shape index (κ2) is 6.75. The summed E-state index contributed by atoms with van der Waals surface area (Å²) in [5.74, 6) is -0.220. The minimum absolute atomic E-state index is 0.234. The van der Waals surface area contributed by atoms with Crippen molar-refractivity contribution in [1.82, 2.24) is 4.90 Å². The van der Waals surface area contributed by atoms with E-state index >= 15 is 0 Å². The third kappa shape index (κ3) is 4.85. The van der Waals surface area contributed by atoms with Gasteiger partial charge in [0.2, 0.25) is 0 Å². The molecule has 0 aliphatic heterocycles. The van der Waals surface area contributed by atoms with Crippen LogP contribution in [0.4, 0.5) is 0 Å². The highest BCUT2D eigenvalue weighted by atomic mass is 16.5. The van der Waals surface area contributed by atoms with Crippen LogP contribution in [0.15, 0.2) is 24.3 Å². The molecule has 0 spiro atoms. The molecule has 1 aromatic rings. The lowest BCUT2D eigenvalue weighted by Gasteiger charge is -2.35. The van der Waals surface area contributed by atoms with E-state index in [0.717, 1.165) is 6.54 Å². The molecule has 0 amide bonds. The molecule has 0 saturated carbocycles. The molecule has 0 bridgehead atoms. The first-order valence-electron chi connectivity index (χ1n) is 6.88. The highest BCUT2D eigenvalue weighted by molar-refractivity contribution is 5.87. The molecule has 0 aromatic heterocycles. The van der Waals surface area contributed by atoms with Crippen molar-refractivity contribution < 1.29 is 14.6 Å². The fourth-order valence-corrected chi connectivity index (χ4v) is 1.86. The number of benzene rings is 1. The standard InChI is InChI=1S/C16H25NO3/c1-12(16(2,3)4)17(5)10-11-20-14-8-6-13(7-9-14)15(18)19/h6-9,12H,10-11H2,1-5H3,(H,18,19). The smallest absolute Gasteiger partial charge is 0.335 e. The summed E-state index contributed by atoms with van der Waals surface area (Å²) in [7, 11) is 2.09. The van der Waals surface area contributed by atoms with Crippen LogP contribution in [-0.4, -0.2) is 42.2 Å². The SMILES string of the molecule is CC(N(C)CCOc1ccc(C(=O)O)cc1)C(C)(C)C. The Hall–Kier alpha value is -1.55. The van der Waals surface area contributed by atoms with Gasteiger partial charge in [-0.05, 0) is 43.7 Å². The van der Waals surface area contributed by atoms with Crippen molar-refractivity contribution in [3.05, 3.63) is 29.8 Å². The average Bonchev–Trinajstić information content (AvgIpc) is 2.37. The number of carboxylic acids is 1. The van der Waals surface area contributed by atoms with Crippen molar-refractivity contribution >= 4 is 5.97 Å². The van der Waals surface area contributed by atoms with E-state index in [2.05, 4.69) is 39.6 Å². The van der Waals surface area contributed by atoms with E-state index in [4.69, 9.17) is 9.84 Å². The second-order valence-electron chi connectivity index (χ2n) is 6.20. The molecule has 1 aromatic carbocycles. The highest BCUT2D eigenvalue weighted by Gasteiger charge is 2.23. The molecule has 4 nitrogen and oxygen atoms in total. The van der Waals surface area contributed by atoms with Crippen LogP contribution < -0.4 is 4.74 Å². The number of hydrogen-bond donors (Lipinski definition) is 1. The summed E-state index contributed by atoms with van der Waals surface area (Å²) < 4.78 is 5.64. The average molecular weight is 279 g/mol. The summed E-state index contributed by atoms with van der Waals surface area (Å²) in [6.45, 7) is 10.3. The molecular formula is C16H25NO3. The van der Waals surface area contributed by atoms with Crippen LogP contribution >= 0.6 is 0 Å². The molecule has 0 heterocycles. The molecule has 1 atom stereocenters. The minimum Gasteiger partial charge on any atom is -0.492 e. The summed E-state index contributed by atoms with van der Waals surface area (Å²) in [4.78, 5) is 13.0. The predicted octanol–water partition coefficient (Wildman–Crippen LogP) is 3.13. The molecular weight excluding hydrogens is 254 g/mol. The Balaban J connectivity index is 2.42. The topological polar surface area (TPSA) is 49.8 Å². The molecule has 1 rings (SSSR count). The van der Waals surface area contributed by atoms with Gasteiger partial charge in [-0.3, -0.25) is 4.90 Å². The first-order valence-corrected chi connectivity index (χ1v) is 6.88. The molecule has 1 N–H and O–H groups in total. The van der Waals surface area contributed by atoms with Crippen LogP contribution in [0.2, 0.25) is 0 Å². The fraction of sp³-hybridized carbons (Fsp3) is 0.562. The summed E-state index contributed by atoms with van der Waals surface area (Å²) in [6.07, 6.45) is 0. The second-order valence-corrected chi connectivity index (χ2v) is 6.20. The summed E-state index contributed by atoms with van der Waals surface area (Å²) in [5, 5.41) is 8.81. The van der Waals surface area contributed by atoms with Gasteiger partial charge in [0.25, 0.3) is 0 Å². The third-order valence-electron chi connectivity index (χ3n) is 3.73. The van der Waals surface area contributed by atoms with Crippen LogP contribution in [0.25, 0.3) is 0 Å². The van der Waals surface area contributed by atoms with Crippen LogP contribution in [0.3, 0.4) is 0 Å². The molecule has 0 radical (unpaired) electrons. The number of nitrogens with zero attached hydrogens (tertiary/aromatic N) is 1. The van der Waals surface area contributed by atoms with Crippen molar-refractivity contribution in [3.63, 3.8) is 0 Å². The molecule has 0 saturated heterocycles. The molecule has 112 valence electrons. The zero-order chi connectivity index (χ0) is 15.3. The molecule has 1 unspecified atom stereocenters. The Labute approximate surface area is 121 Å². The number of hydrogen-bond acceptors (Lipinski definition) is 3. The van der Waals surface area contributed by atoms with E-state index in [-0.39, 0.29) is 11.0 Å². The number of carboxylic acid groups (broad SMARTS) is 1. The molecule has 0 aliphatic carbocycles. The van der Waals surface area contributed by atoms with Gasteiger partial charge in [-0.25, -0.2) is 4.79 Å². The van der Waals surface area contributed by atoms with Gasteiger partial charge in [-0.15, -0.1) is 0 Å². The number of likely N-dealkylation sites (N-methyl/N-ethyl adjacent to an activating group) is 1. The lowest BCUT2D eigenvalue weighted by Crippen LogP contribution is -2.41. The molecule has 20 heavy (non-hydrogen) atoms. The molecule has 0 fully saturated rings. The summed E-state index contributed by atoms with van der Waals surface area (Å²) >= 11 is 0. The zero-order valence-corrected chi connectivity index (χ0v) is 13.0. The van der Waals surface area contributed by atoms with Gasteiger partial charge in [0.1, 0.15) is 12.4 Å². The summed E-state index contributed by atoms with van der Waals surface area (Å²) in [5.41, 5.74) is 0.508. The quantitative estimate of drug-likeness (QED) is 0.869. The number of carbonyl (C=O) groups is 1. The largest absolute Gasteiger partial charge is 0.492 e. The summed E-state index contributed by atoms with van der Waals surface area (Å²) in [6, 6.07) is 6.95. The predicted molar refractivity (Wildman–Crippen MR) is 80.4 cm³/mol. The van der Waals surface area contributed by atoms with E-state index < -0.39 is 5.97 Å². The Morgan fingerprint density at radius 3 is 2.30 bits per heavy atom. The van der Waals surface area contributed by atoms with E-state index in [9.17, 15) is 4.79 Å². The van der Waals surface area contributed by atoms with Gasteiger partial charge in [-0.2, -0.15) is 0 Å². The minimum atomic E-state index is -0.921. The molecule has 4 heteroatoms. The van der Waals surface area contributed by atoms with Gasteiger partial charge >= 0.3 is 5.97 Å². The van der Waals surface area contributed by atoms with Crippen LogP contribution in [0, 0.1) is 5.41 Å². The number of rotatable bonds is 6. The first-order chi connectivity index (χ1) is 9.21. The van der Waals surface area contributed by atoms with Crippen LogP contribution in [0.5, 0.6) is 5.75 Å². The Morgan fingerprint density at radius 2 is 1.85 bits per heavy atom. The Bertz CT molecular complexity index is 434. The van der Waals surface area contributed by atoms with Crippen molar-refractivity contribution in [3.8, 4) is 5.75 Å². The van der Waals surface area contributed by atoms with Gasteiger partial charge < -0.3 is 9.84 Å². The van der Waals surface area contributed by atoms with E-state index in [0.29, 0.717) is 18.4 Å². The lowest BCUT2D eigenvalue weighted by molar-refractivity contribution is 0.0697. The lowest BCUT2D eigenvalue weighted by atomic mass is 9.87. The van der Waals surface area contributed by atoms with Gasteiger partial charge in [0.05, 0.1) is 5.56 Å². The van der Waals surface area contributed by atoms with E-state index in [1.54, 1.807) is 24.3 Å². The first kappa shape index (κ1) is 16.5. The van der Waals surface area contributed by atoms with Gasteiger partial charge in [-0.1, -0.05) is 20.8 Å². The third-order valence-corrected chi connectivity index (χ3v) is 3.73. The van der Waals surface area contributed by atoms with Crippen molar-refractivity contribution in [2.75, 3.05) is 20.2 Å². The van der Waals surface area contributed by atoms with Crippen molar-refractivity contribution in [2.24, 2.45) is 5.41 Å². The Kier molecular flexibility index (Phi) is 5.57. The maximum atomic E-state index is 10.7. The van der Waals surface area contributed by atoms with E-state index in [1.807, 2.05) is 0 Å². The highest BCUT2D eigenvalue weighted by Crippen LogP contribution is 2.22. The normalized spacial score (nSPS) is 13.3. The molecule has 0 aliphatic rings. The number of aromatic carboxylic acids is 1. The van der Waals surface area contributed by atoms with Crippen molar-refractivity contribution in [2.45, 2.75) is 33.7 Å². The maximum Gasteiger partial charge on any atom is 0.335 e. The zero-order valence-electron chi connectivity index (χ0n) is 13.0. The monoisotopic (exact) mass is 279 g/mol. The van der Waals surface area contributed by atoms with Crippen LogP contribution in [-0.2, 0) is 0 Å². The van der Waals surface area contributed by atoms with Crippen LogP contribution in [0.1, 0.15) is 38.1 Å².